The molecule has 0 aromatic carbocycles. The van der Waals surface area contributed by atoms with E-state index in [0.29, 0.717) is 35.1 Å². The van der Waals surface area contributed by atoms with Crippen LogP contribution in [0.1, 0.15) is 41.9 Å². The fourth-order valence-electron chi connectivity index (χ4n) is 3.50. The van der Waals surface area contributed by atoms with Gasteiger partial charge in [-0.3, -0.25) is 19.1 Å². The molecule has 0 aliphatic heterocycles. The molecule has 1 N–H and O–H groups in total. The monoisotopic (exact) mass is 339 g/mol. The van der Waals surface area contributed by atoms with Crippen LogP contribution in [-0.2, 0) is 13.0 Å². The van der Waals surface area contributed by atoms with Gasteiger partial charge in [-0.1, -0.05) is 13.8 Å². The van der Waals surface area contributed by atoms with Crippen molar-refractivity contribution in [2.45, 2.75) is 33.2 Å². The lowest BCUT2D eigenvalue weighted by molar-refractivity contribution is 0.0912. The highest BCUT2D eigenvalue weighted by Crippen LogP contribution is 2.36. The van der Waals surface area contributed by atoms with Crippen molar-refractivity contribution < 1.29 is 9.21 Å². The number of fused-ring (bicyclic) bond motifs is 3. The SMILES string of the molecule is CC1(C)CC(=O)c2cnc3c(c2C1)c(=O)[nH]c(=O)n3Cc1ccco1. The number of H-pyrrole nitrogens is 1. The molecular weight excluding hydrogens is 322 g/mol. The maximum atomic E-state index is 12.5. The number of nitrogens with zero attached hydrogens (tertiary/aromatic N) is 2. The molecule has 0 bridgehead atoms. The first-order valence-corrected chi connectivity index (χ1v) is 8.06. The highest BCUT2D eigenvalue weighted by Gasteiger charge is 2.33. The van der Waals surface area contributed by atoms with Crippen LogP contribution in [-0.4, -0.2) is 20.3 Å². The van der Waals surface area contributed by atoms with Gasteiger partial charge in [0, 0.05) is 18.2 Å². The van der Waals surface area contributed by atoms with Crippen molar-refractivity contribution in [3.05, 3.63) is 62.3 Å². The summed E-state index contributed by atoms with van der Waals surface area (Å²) in [5.41, 5.74) is 0.108. The molecule has 3 aromatic rings. The zero-order valence-electron chi connectivity index (χ0n) is 14.0. The molecule has 4 rings (SSSR count). The van der Waals surface area contributed by atoms with E-state index in [2.05, 4.69) is 9.97 Å². The summed E-state index contributed by atoms with van der Waals surface area (Å²) < 4.78 is 6.66. The molecule has 1 aliphatic carbocycles. The predicted molar refractivity (Wildman–Crippen MR) is 90.9 cm³/mol. The molecule has 3 heterocycles. The molecule has 0 fully saturated rings. The fraction of sp³-hybridized carbons (Fsp3) is 0.333. The van der Waals surface area contributed by atoms with Gasteiger partial charge in [-0.2, -0.15) is 0 Å². The Morgan fingerprint density at radius 1 is 1.28 bits per heavy atom. The summed E-state index contributed by atoms with van der Waals surface area (Å²) in [6, 6.07) is 3.47. The Morgan fingerprint density at radius 3 is 2.80 bits per heavy atom. The van der Waals surface area contributed by atoms with E-state index >= 15 is 0 Å². The van der Waals surface area contributed by atoms with E-state index in [-0.39, 0.29) is 23.4 Å². The standard InChI is InChI=1S/C18H17N3O4/c1-18(2)6-11-12(13(22)7-18)8-19-15-14(11)16(23)20-17(24)21(15)9-10-4-3-5-25-10/h3-5,8H,6-7,9H2,1-2H3,(H,20,23,24). The van der Waals surface area contributed by atoms with E-state index in [1.807, 2.05) is 13.8 Å². The largest absolute Gasteiger partial charge is 0.467 e. The lowest BCUT2D eigenvalue weighted by Crippen LogP contribution is -2.34. The number of nitrogens with one attached hydrogen (secondary N) is 1. The zero-order valence-corrected chi connectivity index (χ0v) is 14.0. The summed E-state index contributed by atoms with van der Waals surface area (Å²) in [6.07, 6.45) is 3.99. The fourth-order valence-corrected chi connectivity index (χ4v) is 3.50. The number of carbonyl (C=O) groups is 1. The van der Waals surface area contributed by atoms with Crippen LogP contribution >= 0.6 is 0 Å². The Labute approximate surface area is 142 Å². The summed E-state index contributed by atoms with van der Waals surface area (Å²) >= 11 is 0. The van der Waals surface area contributed by atoms with Crippen LogP contribution in [0.15, 0.2) is 38.6 Å². The number of aromatic nitrogens is 3. The maximum Gasteiger partial charge on any atom is 0.330 e. The number of carbonyl (C=O) groups excluding carboxylic acids is 1. The molecule has 1 aliphatic rings. The van der Waals surface area contributed by atoms with Gasteiger partial charge >= 0.3 is 5.69 Å². The van der Waals surface area contributed by atoms with Crippen LogP contribution in [0.3, 0.4) is 0 Å². The van der Waals surface area contributed by atoms with Gasteiger partial charge in [0.25, 0.3) is 5.56 Å². The van der Waals surface area contributed by atoms with Gasteiger partial charge in [0.2, 0.25) is 0 Å². The summed E-state index contributed by atoms with van der Waals surface area (Å²) in [7, 11) is 0. The van der Waals surface area contributed by atoms with E-state index in [9.17, 15) is 14.4 Å². The second kappa shape index (κ2) is 5.27. The van der Waals surface area contributed by atoms with Crippen LogP contribution in [0.2, 0.25) is 0 Å². The van der Waals surface area contributed by atoms with Crippen molar-refractivity contribution >= 4 is 16.8 Å². The average molecular weight is 339 g/mol. The predicted octanol–water partition coefficient (Wildman–Crippen LogP) is 1.88. The number of Topliss-reactive ketones (excluding diaryl/α,β-unsaturated/α-hetero) is 1. The quantitative estimate of drug-likeness (QED) is 0.769. The number of aromatic amines is 1. The molecule has 0 atom stereocenters. The number of ketones is 1. The normalized spacial score (nSPS) is 16.2. The van der Waals surface area contributed by atoms with Crippen molar-refractivity contribution in [2.24, 2.45) is 5.41 Å². The molecule has 0 amide bonds. The average Bonchev–Trinajstić information content (AvgIpc) is 3.02. The van der Waals surface area contributed by atoms with Crippen molar-refractivity contribution in [3.8, 4) is 0 Å². The number of pyridine rings is 1. The Bertz CT molecular complexity index is 1100. The van der Waals surface area contributed by atoms with E-state index in [1.54, 1.807) is 12.1 Å². The number of hydrogen-bond acceptors (Lipinski definition) is 5. The van der Waals surface area contributed by atoms with E-state index in [4.69, 9.17) is 4.42 Å². The molecule has 25 heavy (non-hydrogen) atoms. The Hall–Kier alpha value is -2.96. The van der Waals surface area contributed by atoms with Gasteiger partial charge in [-0.25, -0.2) is 9.78 Å². The Kier molecular flexibility index (Phi) is 3.28. The molecular formula is C18H17N3O4. The van der Waals surface area contributed by atoms with Gasteiger partial charge in [0.15, 0.2) is 5.78 Å². The first kappa shape index (κ1) is 15.6. The van der Waals surface area contributed by atoms with Crippen molar-refractivity contribution in [3.63, 3.8) is 0 Å². The number of rotatable bonds is 2. The first-order valence-electron chi connectivity index (χ1n) is 8.06. The van der Waals surface area contributed by atoms with Crippen LogP contribution in [0.5, 0.6) is 0 Å². The van der Waals surface area contributed by atoms with Crippen LogP contribution in [0.4, 0.5) is 0 Å². The zero-order chi connectivity index (χ0) is 17.8. The van der Waals surface area contributed by atoms with Gasteiger partial charge in [0.05, 0.1) is 18.2 Å². The first-order chi connectivity index (χ1) is 11.9. The minimum atomic E-state index is -0.553. The molecule has 128 valence electrons. The number of hydrogen-bond donors (Lipinski definition) is 1. The van der Waals surface area contributed by atoms with Crippen molar-refractivity contribution in [1.29, 1.82) is 0 Å². The molecule has 7 nitrogen and oxygen atoms in total. The third-order valence-corrected chi connectivity index (χ3v) is 4.60. The maximum absolute atomic E-state index is 12.5. The molecule has 0 saturated carbocycles. The molecule has 0 spiro atoms. The summed E-state index contributed by atoms with van der Waals surface area (Å²) in [5.74, 6) is 0.551. The molecule has 0 saturated heterocycles. The third kappa shape index (κ3) is 2.52. The minimum absolute atomic E-state index is 0.0242. The topological polar surface area (TPSA) is 98.0 Å². The van der Waals surface area contributed by atoms with Crippen LogP contribution in [0, 0.1) is 5.41 Å². The highest BCUT2D eigenvalue weighted by molar-refractivity contribution is 6.02. The third-order valence-electron chi connectivity index (χ3n) is 4.60. The minimum Gasteiger partial charge on any atom is -0.467 e. The van der Waals surface area contributed by atoms with Crippen LogP contribution < -0.4 is 11.2 Å². The van der Waals surface area contributed by atoms with E-state index < -0.39 is 11.2 Å². The highest BCUT2D eigenvalue weighted by atomic mass is 16.3. The van der Waals surface area contributed by atoms with Crippen LogP contribution in [0.25, 0.3) is 11.0 Å². The molecule has 0 radical (unpaired) electrons. The second-order valence-corrected chi connectivity index (χ2v) is 7.21. The van der Waals surface area contributed by atoms with E-state index in [0.717, 1.165) is 0 Å². The lowest BCUT2D eigenvalue weighted by Gasteiger charge is -2.30. The van der Waals surface area contributed by atoms with Gasteiger partial charge < -0.3 is 4.42 Å². The second-order valence-electron chi connectivity index (χ2n) is 7.21. The molecule has 0 unspecified atom stereocenters. The summed E-state index contributed by atoms with van der Waals surface area (Å²) in [5, 5.41) is 0.310. The Balaban J connectivity index is 2.03. The summed E-state index contributed by atoms with van der Waals surface area (Å²) in [4.78, 5) is 43.8. The van der Waals surface area contributed by atoms with Crippen molar-refractivity contribution in [1.82, 2.24) is 14.5 Å². The Morgan fingerprint density at radius 2 is 2.08 bits per heavy atom. The van der Waals surface area contributed by atoms with E-state index in [1.165, 1.54) is 17.0 Å². The molecule has 3 aromatic heterocycles. The smallest absolute Gasteiger partial charge is 0.330 e. The number of furan rings is 1. The van der Waals surface area contributed by atoms with Crippen molar-refractivity contribution in [2.75, 3.05) is 0 Å². The molecule has 7 heteroatoms. The van der Waals surface area contributed by atoms with Gasteiger partial charge in [-0.05, 0) is 29.5 Å². The van der Waals surface area contributed by atoms with Gasteiger partial charge in [-0.15, -0.1) is 0 Å². The lowest BCUT2D eigenvalue weighted by atomic mass is 9.73. The van der Waals surface area contributed by atoms with Gasteiger partial charge in [0.1, 0.15) is 11.4 Å². The summed E-state index contributed by atoms with van der Waals surface area (Å²) in [6.45, 7) is 4.14.